The smallest absolute Gasteiger partial charge is 0.272 e. The number of nitrogens with zero attached hydrogens (tertiary/aromatic N) is 1. The van der Waals surface area contributed by atoms with E-state index in [1.807, 2.05) is 54.2 Å². The molecule has 0 unspecified atom stereocenters. The van der Waals surface area contributed by atoms with Gasteiger partial charge in [0.2, 0.25) is 0 Å². The Morgan fingerprint density at radius 1 is 1.21 bits per heavy atom. The first kappa shape index (κ1) is 13.4. The van der Waals surface area contributed by atoms with Crippen LogP contribution in [-0.4, -0.2) is 17.0 Å². The Hall–Kier alpha value is -2.07. The zero-order valence-corrected chi connectivity index (χ0v) is 11.3. The predicted octanol–water partition coefficient (Wildman–Crippen LogP) is 2.39. The highest BCUT2D eigenvalue weighted by molar-refractivity contribution is 6.03. The summed E-state index contributed by atoms with van der Waals surface area (Å²) in [5, 5.41) is 6.23. The van der Waals surface area contributed by atoms with Crippen molar-refractivity contribution in [3.05, 3.63) is 53.9 Å². The third kappa shape index (κ3) is 3.23. The van der Waals surface area contributed by atoms with Gasteiger partial charge >= 0.3 is 0 Å². The Bertz CT molecular complexity index is 560. The second kappa shape index (κ2) is 6.20. The van der Waals surface area contributed by atoms with Gasteiger partial charge in [-0.1, -0.05) is 25.1 Å². The van der Waals surface area contributed by atoms with Gasteiger partial charge in [-0.2, -0.15) is 0 Å². The summed E-state index contributed by atoms with van der Waals surface area (Å²) < 4.78 is 1.81. The Labute approximate surface area is 113 Å². The summed E-state index contributed by atoms with van der Waals surface area (Å²) in [6.07, 6.45) is 1.86. The second-order valence-corrected chi connectivity index (χ2v) is 4.40. The molecule has 0 saturated carbocycles. The molecular weight excluding hydrogens is 238 g/mol. The van der Waals surface area contributed by atoms with Crippen LogP contribution in [0, 0.1) is 0 Å². The van der Waals surface area contributed by atoms with Gasteiger partial charge in [-0.25, -0.2) is 0 Å². The lowest BCUT2D eigenvalue weighted by Gasteiger charge is -2.11. The molecule has 2 N–H and O–H groups in total. The molecule has 1 aromatic heterocycles. The Morgan fingerprint density at radius 3 is 2.68 bits per heavy atom. The molecular formula is C15H19N3O. The van der Waals surface area contributed by atoms with Gasteiger partial charge < -0.3 is 15.2 Å². The largest absolute Gasteiger partial charge is 0.347 e. The SMILES string of the molecule is CCNCc1ccccc1NC(=O)c1cccn1C. The molecule has 0 fully saturated rings. The molecule has 0 atom stereocenters. The van der Waals surface area contributed by atoms with Crippen LogP contribution in [0.5, 0.6) is 0 Å². The fraction of sp³-hybridized carbons (Fsp3) is 0.267. The number of hydrogen-bond acceptors (Lipinski definition) is 2. The van der Waals surface area contributed by atoms with Crippen LogP contribution in [0.2, 0.25) is 0 Å². The highest BCUT2D eigenvalue weighted by Crippen LogP contribution is 2.16. The van der Waals surface area contributed by atoms with Gasteiger partial charge in [0, 0.05) is 25.5 Å². The molecule has 1 aromatic carbocycles. The average molecular weight is 257 g/mol. The minimum atomic E-state index is -0.0866. The first-order valence-electron chi connectivity index (χ1n) is 6.43. The summed E-state index contributed by atoms with van der Waals surface area (Å²) in [5.74, 6) is -0.0866. The lowest BCUT2D eigenvalue weighted by molar-refractivity contribution is 0.101. The van der Waals surface area contributed by atoms with Crippen LogP contribution in [0.15, 0.2) is 42.6 Å². The van der Waals surface area contributed by atoms with Gasteiger partial charge in [0.05, 0.1) is 0 Å². The third-order valence-corrected chi connectivity index (χ3v) is 3.01. The molecule has 19 heavy (non-hydrogen) atoms. The van der Waals surface area contributed by atoms with E-state index < -0.39 is 0 Å². The topological polar surface area (TPSA) is 46.1 Å². The van der Waals surface area contributed by atoms with E-state index in [4.69, 9.17) is 0 Å². The van der Waals surface area contributed by atoms with E-state index in [2.05, 4.69) is 17.6 Å². The number of carbonyl (C=O) groups is 1. The van der Waals surface area contributed by atoms with Crippen molar-refractivity contribution < 1.29 is 4.79 Å². The maximum Gasteiger partial charge on any atom is 0.272 e. The molecule has 0 aliphatic heterocycles. The van der Waals surface area contributed by atoms with Crippen molar-refractivity contribution in [2.45, 2.75) is 13.5 Å². The van der Waals surface area contributed by atoms with Crippen LogP contribution < -0.4 is 10.6 Å². The van der Waals surface area contributed by atoms with Crippen molar-refractivity contribution in [2.24, 2.45) is 7.05 Å². The Balaban J connectivity index is 2.15. The van der Waals surface area contributed by atoms with Crippen LogP contribution >= 0.6 is 0 Å². The van der Waals surface area contributed by atoms with E-state index in [1.165, 1.54) is 0 Å². The average Bonchev–Trinajstić information content (AvgIpc) is 2.84. The van der Waals surface area contributed by atoms with Crippen molar-refractivity contribution in [1.82, 2.24) is 9.88 Å². The number of benzene rings is 1. The number of amides is 1. The molecule has 1 heterocycles. The lowest BCUT2D eigenvalue weighted by Crippen LogP contribution is -2.18. The number of para-hydroxylation sites is 1. The van der Waals surface area contributed by atoms with E-state index in [1.54, 1.807) is 0 Å². The molecule has 0 saturated heterocycles. The number of hydrogen-bond donors (Lipinski definition) is 2. The normalized spacial score (nSPS) is 10.4. The van der Waals surface area contributed by atoms with E-state index in [-0.39, 0.29) is 5.91 Å². The molecule has 4 heteroatoms. The first-order chi connectivity index (χ1) is 9.22. The third-order valence-electron chi connectivity index (χ3n) is 3.01. The zero-order valence-electron chi connectivity index (χ0n) is 11.3. The number of anilines is 1. The van der Waals surface area contributed by atoms with Gasteiger partial charge in [-0.3, -0.25) is 4.79 Å². The molecule has 0 spiro atoms. The molecule has 1 amide bonds. The summed E-state index contributed by atoms with van der Waals surface area (Å²) in [6, 6.07) is 11.5. The maximum absolute atomic E-state index is 12.2. The number of carbonyl (C=O) groups excluding carboxylic acids is 1. The van der Waals surface area contributed by atoms with E-state index in [9.17, 15) is 4.79 Å². The van der Waals surface area contributed by atoms with Crippen molar-refractivity contribution in [3.63, 3.8) is 0 Å². The fourth-order valence-electron chi connectivity index (χ4n) is 1.94. The van der Waals surface area contributed by atoms with E-state index in [0.29, 0.717) is 5.69 Å². The molecule has 0 bridgehead atoms. The number of aryl methyl sites for hydroxylation is 1. The van der Waals surface area contributed by atoms with Crippen molar-refractivity contribution in [2.75, 3.05) is 11.9 Å². The number of nitrogens with one attached hydrogen (secondary N) is 2. The summed E-state index contributed by atoms with van der Waals surface area (Å²) in [7, 11) is 1.86. The highest BCUT2D eigenvalue weighted by Gasteiger charge is 2.10. The Kier molecular flexibility index (Phi) is 4.36. The summed E-state index contributed by atoms with van der Waals surface area (Å²) in [4.78, 5) is 12.2. The van der Waals surface area contributed by atoms with Gasteiger partial charge in [-0.15, -0.1) is 0 Å². The molecule has 100 valence electrons. The van der Waals surface area contributed by atoms with Crippen molar-refractivity contribution >= 4 is 11.6 Å². The molecule has 0 radical (unpaired) electrons. The molecule has 0 aliphatic carbocycles. The zero-order chi connectivity index (χ0) is 13.7. The number of aromatic nitrogens is 1. The van der Waals surface area contributed by atoms with Crippen LogP contribution in [0.4, 0.5) is 5.69 Å². The fourth-order valence-corrected chi connectivity index (χ4v) is 1.94. The van der Waals surface area contributed by atoms with Gasteiger partial charge in [-0.05, 0) is 30.3 Å². The standard InChI is InChI=1S/C15H19N3O/c1-3-16-11-12-7-4-5-8-13(12)17-15(19)14-9-6-10-18(14)2/h4-10,16H,3,11H2,1-2H3,(H,17,19). The van der Waals surface area contributed by atoms with Crippen LogP contribution in [0.25, 0.3) is 0 Å². The highest BCUT2D eigenvalue weighted by atomic mass is 16.1. The van der Waals surface area contributed by atoms with Crippen LogP contribution in [0.1, 0.15) is 23.0 Å². The minimum Gasteiger partial charge on any atom is -0.347 e. The van der Waals surface area contributed by atoms with Crippen LogP contribution in [0.3, 0.4) is 0 Å². The minimum absolute atomic E-state index is 0.0866. The van der Waals surface area contributed by atoms with Gasteiger partial charge in [0.1, 0.15) is 5.69 Å². The lowest BCUT2D eigenvalue weighted by atomic mass is 10.1. The maximum atomic E-state index is 12.2. The van der Waals surface area contributed by atoms with Gasteiger partial charge in [0.15, 0.2) is 0 Å². The monoisotopic (exact) mass is 257 g/mol. The summed E-state index contributed by atoms with van der Waals surface area (Å²) >= 11 is 0. The predicted molar refractivity (Wildman–Crippen MR) is 77.2 cm³/mol. The van der Waals surface area contributed by atoms with Crippen LogP contribution in [-0.2, 0) is 13.6 Å². The van der Waals surface area contributed by atoms with Crippen molar-refractivity contribution in [1.29, 1.82) is 0 Å². The first-order valence-corrected chi connectivity index (χ1v) is 6.43. The molecule has 2 rings (SSSR count). The van der Waals surface area contributed by atoms with Crippen molar-refractivity contribution in [3.8, 4) is 0 Å². The molecule has 0 aliphatic rings. The van der Waals surface area contributed by atoms with Gasteiger partial charge in [0.25, 0.3) is 5.91 Å². The Morgan fingerprint density at radius 2 is 2.00 bits per heavy atom. The summed E-state index contributed by atoms with van der Waals surface area (Å²) in [6.45, 7) is 3.71. The quantitative estimate of drug-likeness (QED) is 0.864. The van der Waals surface area contributed by atoms with E-state index >= 15 is 0 Å². The van der Waals surface area contributed by atoms with E-state index in [0.717, 1.165) is 24.3 Å². The second-order valence-electron chi connectivity index (χ2n) is 4.40. The summed E-state index contributed by atoms with van der Waals surface area (Å²) in [5.41, 5.74) is 2.60. The molecule has 2 aromatic rings. The number of rotatable bonds is 5. The molecule has 4 nitrogen and oxygen atoms in total.